The second-order valence-corrected chi connectivity index (χ2v) is 7.86. The first-order valence-electron chi connectivity index (χ1n) is 8.94. The molecule has 0 unspecified atom stereocenters. The number of hydrogen-bond acceptors (Lipinski definition) is 3. The van der Waals surface area contributed by atoms with Crippen LogP contribution >= 0.6 is 11.8 Å². The van der Waals surface area contributed by atoms with Crippen molar-refractivity contribution in [2.75, 3.05) is 37.3 Å². The molecule has 0 aromatic heterocycles. The molecular formula is C21H26N2OS. The van der Waals surface area contributed by atoms with Crippen LogP contribution in [0.25, 0.3) is 0 Å². The minimum Gasteiger partial charge on any atom is -0.312 e. The number of hydrogen-bond donors (Lipinski definition) is 0. The van der Waals surface area contributed by atoms with Gasteiger partial charge in [-0.25, -0.2) is 0 Å². The van der Waals surface area contributed by atoms with Gasteiger partial charge in [-0.3, -0.25) is 4.79 Å². The van der Waals surface area contributed by atoms with E-state index in [-0.39, 0.29) is 5.91 Å². The minimum absolute atomic E-state index is 0.254. The first-order chi connectivity index (χ1) is 12.2. The summed E-state index contributed by atoms with van der Waals surface area (Å²) in [6, 6.07) is 20.6. The van der Waals surface area contributed by atoms with Crippen LogP contribution < -0.4 is 4.90 Å². The molecule has 1 saturated heterocycles. The van der Waals surface area contributed by atoms with Gasteiger partial charge in [-0.2, -0.15) is 0 Å². The average molecular weight is 355 g/mol. The van der Waals surface area contributed by atoms with Crippen molar-refractivity contribution in [3.63, 3.8) is 0 Å². The number of benzene rings is 2. The third-order valence-electron chi connectivity index (χ3n) is 4.54. The summed E-state index contributed by atoms with van der Waals surface area (Å²) in [6.45, 7) is 2.91. The Hall–Kier alpha value is -1.78. The number of nitrogens with zero attached hydrogens (tertiary/aromatic N) is 2. The number of para-hydroxylation sites is 1. The fourth-order valence-corrected chi connectivity index (χ4v) is 4.19. The number of amides is 1. The lowest BCUT2D eigenvalue weighted by atomic mass is 10.1. The molecule has 132 valence electrons. The maximum absolute atomic E-state index is 12.3. The van der Waals surface area contributed by atoms with E-state index in [4.69, 9.17) is 0 Å². The van der Waals surface area contributed by atoms with Gasteiger partial charge in [-0.15, -0.1) is 11.8 Å². The molecule has 1 heterocycles. The Bertz CT molecular complexity index is 662. The number of carbonyl (C=O) groups excluding carboxylic acids is 1. The fourth-order valence-electron chi connectivity index (χ4n) is 3.33. The second kappa shape index (κ2) is 9.07. The Balaban J connectivity index is 1.38. The smallest absolute Gasteiger partial charge is 0.227 e. The largest absolute Gasteiger partial charge is 0.312 e. The monoisotopic (exact) mass is 354 g/mol. The van der Waals surface area contributed by atoms with Crippen molar-refractivity contribution in [1.29, 1.82) is 0 Å². The van der Waals surface area contributed by atoms with Crippen molar-refractivity contribution in [3.05, 3.63) is 60.7 Å². The lowest BCUT2D eigenvalue weighted by Gasteiger charge is -2.21. The van der Waals surface area contributed by atoms with Crippen LogP contribution in [0.5, 0.6) is 0 Å². The van der Waals surface area contributed by atoms with E-state index in [0.717, 1.165) is 31.1 Å². The summed E-state index contributed by atoms with van der Waals surface area (Å²) in [5.74, 6) is 1.82. The van der Waals surface area contributed by atoms with E-state index in [9.17, 15) is 4.79 Å². The Kier molecular flexibility index (Phi) is 6.54. The highest BCUT2D eigenvalue weighted by Crippen LogP contribution is 2.25. The summed E-state index contributed by atoms with van der Waals surface area (Å²) < 4.78 is 0. The molecule has 1 aliphatic heterocycles. The lowest BCUT2D eigenvalue weighted by Crippen LogP contribution is -2.29. The summed E-state index contributed by atoms with van der Waals surface area (Å²) in [6.07, 6.45) is 1.83. The standard InChI is InChI=1S/C21H26N2OS/c1-22(13-8-14-25-20-11-6-3-7-12-20)16-18-15-21(24)23(17-18)19-9-4-2-5-10-19/h2-7,9-12,18H,8,13-17H2,1H3/t18-/m1/s1. The van der Waals surface area contributed by atoms with E-state index < -0.39 is 0 Å². The minimum atomic E-state index is 0.254. The molecule has 0 bridgehead atoms. The molecule has 2 aromatic carbocycles. The third kappa shape index (κ3) is 5.35. The Morgan fingerprint density at radius 3 is 2.48 bits per heavy atom. The van der Waals surface area contributed by atoms with Gasteiger partial charge in [0.25, 0.3) is 0 Å². The van der Waals surface area contributed by atoms with E-state index in [1.807, 2.05) is 47.0 Å². The fraction of sp³-hybridized carbons (Fsp3) is 0.381. The van der Waals surface area contributed by atoms with Crippen LogP contribution in [0.2, 0.25) is 0 Å². The molecule has 3 nitrogen and oxygen atoms in total. The van der Waals surface area contributed by atoms with Crippen molar-refractivity contribution in [2.24, 2.45) is 5.92 Å². The Morgan fingerprint density at radius 1 is 1.08 bits per heavy atom. The molecule has 1 amide bonds. The van der Waals surface area contributed by atoms with E-state index in [0.29, 0.717) is 12.3 Å². The highest BCUT2D eigenvalue weighted by molar-refractivity contribution is 7.99. The molecule has 0 saturated carbocycles. The SMILES string of the molecule is CN(CCCSc1ccccc1)C[C@H]1CC(=O)N(c2ccccc2)C1. The van der Waals surface area contributed by atoms with Gasteiger partial charge in [0.15, 0.2) is 0 Å². The summed E-state index contributed by atoms with van der Waals surface area (Å²) in [4.78, 5) is 17.9. The molecule has 0 spiro atoms. The zero-order valence-electron chi connectivity index (χ0n) is 14.8. The first-order valence-corrected chi connectivity index (χ1v) is 9.93. The van der Waals surface area contributed by atoms with Crippen LogP contribution in [-0.2, 0) is 4.79 Å². The molecule has 0 aliphatic carbocycles. The molecule has 2 aromatic rings. The molecule has 1 aliphatic rings. The van der Waals surface area contributed by atoms with Gasteiger partial charge in [0.05, 0.1) is 0 Å². The maximum Gasteiger partial charge on any atom is 0.227 e. The molecule has 1 atom stereocenters. The Labute approximate surface area is 155 Å². The summed E-state index contributed by atoms with van der Waals surface area (Å²) in [5, 5.41) is 0. The van der Waals surface area contributed by atoms with Crippen LogP contribution in [0.3, 0.4) is 0 Å². The zero-order valence-corrected chi connectivity index (χ0v) is 15.6. The number of carbonyl (C=O) groups is 1. The van der Waals surface area contributed by atoms with E-state index in [1.165, 1.54) is 11.3 Å². The number of rotatable bonds is 8. The first kappa shape index (κ1) is 18.0. The van der Waals surface area contributed by atoms with Crippen LogP contribution in [-0.4, -0.2) is 43.2 Å². The molecular weight excluding hydrogens is 328 g/mol. The topological polar surface area (TPSA) is 23.6 Å². The molecule has 4 heteroatoms. The predicted molar refractivity (Wildman–Crippen MR) is 106 cm³/mol. The van der Waals surface area contributed by atoms with Crippen molar-refractivity contribution in [1.82, 2.24) is 4.90 Å². The van der Waals surface area contributed by atoms with Gasteiger partial charge in [0.2, 0.25) is 5.91 Å². The van der Waals surface area contributed by atoms with E-state index in [1.54, 1.807) is 0 Å². The van der Waals surface area contributed by atoms with Crippen molar-refractivity contribution in [2.45, 2.75) is 17.7 Å². The van der Waals surface area contributed by atoms with Crippen molar-refractivity contribution >= 4 is 23.4 Å². The molecule has 25 heavy (non-hydrogen) atoms. The maximum atomic E-state index is 12.3. The average Bonchev–Trinajstić information content (AvgIpc) is 3.00. The van der Waals surface area contributed by atoms with Gasteiger partial charge in [0, 0.05) is 30.1 Å². The van der Waals surface area contributed by atoms with Crippen LogP contribution in [0.15, 0.2) is 65.6 Å². The molecule has 0 radical (unpaired) electrons. The van der Waals surface area contributed by atoms with Gasteiger partial charge >= 0.3 is 0 Å². The predicted octanol–water partition coefficient (Wildman–Crippen LogP) is 4.15. The molecule has 0 N–H and O–H groups in total. The lowest BCUT2D eigenvalue weighted by molar-refractivity contribution is -0.117. The molecule has 3 rings (SSSR count). The normalized spacial score (nSPS) is 17.4. The van der Waals surface area contributed by atoms with Crippen LogP contribution in [0, 0.1) is 5.92 Å². The van der Waals surface area contributed by atoms with Gasteiger partial charge in [0.1, 0.15) is 0 Å². The van der Waals surface area contributed by atoms with Crippen LogP contribution in [0.1, 0.15) is 12.8 Å². The summed E-state index contributed by atoms with van der Waals surface area (Å²) in [5.41, 5.74) is 1.02. The second-order valence-electron chi connectivity index (χ2n) is 6.69. The van der Waals surface area contributed by atoms with Crippen LogP contribution in [0.4, 0.5) is 5.69 Å². The summed E-state index contributed by atoms with van der Waals surface area (Å²) in [7, 11) is 2.17. The number of thioether (sulfide) groups is 1. The van der Waals surface area contributed by atoms with Gasteiger partial charge in [-0.05, 0) is 55.9 Å². The Morgan fingerprint density at radius 2 is 1.76 bits per heavy atom. The van der Waals surface area contributed by atoms with Gasteiger partial charge < -0.3 is 9.80 Å². The quantitative estimate of drug-likeness (QED) is 0.525. The third-order valence-corrected chi connectivity index (χ3v) is 5.64. The zero-order chi connectivity index (χ0) is 17.5. The van der Waals surface area contributed by atoms with E-state index in [2.05, 4.69) is 42.3 Å². The van der Waals surface area contributed by atoms with Gasteiger partial charge in [-0.1, -0.05) is 36.4 Å². The van der Waals surface area contributed by atoms with E-state index >= 15 is 0 Å². The highest BCUT2D eigenvalue weighted by Gasteiger charge is 2.30. The summed E-state index contributed by atoms with van der Waals surface area (Å²) >= 11 is 1.91. The molecule has 1 fully saturated rings. The number of anilines is 1. The highest BCUT2D eigenvalue weighted by atomic mass is 32.2. The van der Waals surface area contributed by atoms with Crippen molar-refractivity contribution in [3.8, 4) is 0 Å². The van der Waals surface area contributed by atoms with Crippen molar-refractivity contribution < 1.29 is 4.79 Å².